The molecule has 0 bridgehead atoms. The van der Waals surface area contributed by atoms with Gasteiger partial charge in [0.05, 0.1) is 16.9 Å². The van der Waals surface area contributed by atoms with Crippen molar-refractivity contribution in [3.05, 3.63) is 62.9 Å². The van der Waals surface area contributed by atoms with Crippen LogP contribution in [0.4, 0.5) is 0 Å². The third-order valence-corrected chi connectivity index (χ3v) is 6.70. The molecule has 3 rings (SSSR count). The van der Waals surface area contributed by atoms with Gasteiger partial charge >= 0.3 is 0 Å². The summed E-state index contributed by atoms with van der Waals surface area (Å²) < 4.78 is 16.9. The van der Waals surface area contributed by atoms with Gasteiger partial charge in [0.2, 0.25) is 0 Å². The summed E-state index contributed by atoms with van der Waals surface area (Å²) >= 11 is 4.76. The van der Waals surface area contributed by atoms with Crippen molar-refractivity contribution in [2.45, 2.75) is 45.4 Å². The van der Waals surface area contributed by atoms with Gasteiger partial charge in [-0.05, 0) is 70.5 Å². The molecular formula is C22H26ClN3O2S. The van der Waals surface area contributed by atoms with Gasteiger partial charge in [0, 0.05) is 34.6 Å². The normalized spacial score (nSPS) is 14.2. The zero-order valence-corrected chi connectivity index (χ0v) is 19.1. The van der Waals surface area contributed by atoms with E-state index in [1.165, 1.54) is 0 Å². The van der Waals surface area contributed by atoms with Crippen molar-refractivity contribution in [1.29, 1.82) is 0 Å². The van der Waals surface area contributed by atoms with Crippen molar-refractivity contribution in [3.8, 4) is 11.4 Å². The van der Waals surface area contributed by atoms with Crippen molar-refractivity contribution in [2.75, 3.05) is 0 Å². The summed E-state index contributed by atoms with van der Waals surface area (Å²) in [4.78, 5) is 18.0. The fraction of sp³-hybridized carbons (Fsp3) is 0.364. The molecular weight excluding hydrogens is 406 g/mol. The smallest absolute Gasteiger partial charge is 0.261 e. The molecule has 7 heteroatoms. The molecule has 2 atom stereocenters. The molecule has 2 aromatic carbocycles. The number of benzene rings is 2. The lowest BCUT2D eigenvalue weighted by atomic mass is 10.0. The summed E-state index contributed by atoms with van der Waals surface area (Å²) in [6.45, 7) is 9.65. The van der Waals surface area contributed by atoms with Crippen LogP contribution in [0, 0.1) is 6.92 Å². The Balaban J connectivity index is 2.20. The van der Waals surface area contributed by atoms with Crippen LogP contribution >= 0.6 is 11.6 Å². The summed E-state index contributed by atoms with van der Waals surface area (Å²) in [6.07, 6.45) is 0. The van der Waals surface area contributed by atoms with Crippen LogP contribution in [0.5, 0.6) is 0 Å². The molecule has 5 nitrogen and oxygen atoms in total. The number of hydrogen-bond donors (Lipinski definition) is 1. The highest BCUT2D eigenvalue weighted by atomic mass is 35.5. The van der Waals surface area contributed by atoms with Crippen molar-refractivity contribution in [3.63, 3.8) is 0 Å². The second kappa shape index (κ2) is 8.11. The maximum Gasteiger partial charge on any atom is 0.261 e. The SMILES string of the molecule is Cc1cc([C@@H](C)N[S+]([O-])C(C)(C)C)c2nc(-c3ccc(Cl)cc3)n(C)c(=O)c2c1. The maximum absolute atomic E-state index is 13.1. The number of nitrogens with zero attached hydrogens (tertiary/aromatic N) is 2. The maximum atomic E-state index is 13.1. The molecule has 154 valence electrons. The minimum Gasteiger partial charge on any atom is -0.598 e. The second-order valence-corrected chi connectivity index (χ2v) is 10.7. The molecule has 29 heavy (non-hydrogen) atoms. The van der Waals surface area contributed by atoms with E-state index in [4.69, 9.17) is 16.6 Å². The van der Waals surface area contributed by atoms with Crippen LogP contribution in [0.1, 0.15) is 44.9 Å². The highest BCUT2D eigenvalue weighted by Crippen LogP contribution is 2.28. The highest BCUT2D eigenvalue weighted by molar-refractivity contribution is 7.90. The first-order chi connectivity index (χ1) is 13.5. The number of fused-ring (bicyclic) bond motifs is 1. The largest absolute Gasteiger partial charge is 0.598 e. The molecule has 1 heterocycles. The monoisotopic (exact) mass is 431 g/mol. The Morgan fingerprint density at radius 1 is 1.21 bits per heavy atom. The van der Waals surface area contributed by atoms with E-state index in [1.54, 1.807) is 23.7 Å². The standard InChI is InChI=1S/C22H26ClN3O2S/c1-13-11-17(14(2)25-29(28)22(3,4)5)19-18(12-13)21(27)26(6)20(24-19)15-7-9-16(23)10-8-15/h7-12,14,25H,1-6H3/t14-,29?/m1/s1. The van der Waals surface area contributed by atoms with E-state index < -0.39 is 16.1 Å². The van der Waals surface area contributed by atoms with Crippen LogP contribution in [0.15, 0.2) is 41.2 Å². The fourth-order valence-corrected chi connectivity index (χ4v) is 4.07. The number of rotatable bonds is 4. The highest BCUT2D eigenvalue weighted by Gasteiger charge is 2.29. The average Bonchev–Trinajstić information content (AvgIpc) is 2.64. The van der Waals surface area contributed by atoms with E-state index in [2.05, 4.69) is 4.72 Å². The Morgan fingerprint density at radius 3 is 2.41 bits per heavy atom. The van der Waals surface area contributed by atoms with Gasteiger partial charge in [-0.3, -0.25) is 9.36 Å². The topological polar surface area (TPSA) is 70.0 Å². The molecule has 1 N–H and O–H groups in total. The first kappa shape index (κ1) is 21.8. The molecule has 0 aliphatic carbocycles. The first-order valence-electron chi connectivity index (χ1n) is 9.44. The van der Waals surface area contributed by atoms with E-state index in [9.17, 15) is 9.35 Å². The van der Waals surface area contributed by atoms with Gasteiger partial charge in [-0.1, -0.05) is 17.7 Å². The Kier molecular flexibility index (Phi) is 6.11. The van der Waals surface area contributed by atoms with Crippen molar-refractivity contribution >= 4 is 33.9 Å². The van der Waals surface area contributed by atoms with Crippen LogP contribution in [-0.4, -0.2) is 18.9 Å². The van der Waals surface area contributed by atoms with Gasteiger partial charge in [0.25, 0.3) is 5.56 Å². The van der Waals surface area contributed by atoms with Gasteiger partial charge in [0.15, 0.2) is 0 Å². The molecule has 0 aliphatic rings. The lowest BCUT2D eigenvalue weighted by molar-refractivity contribution is 0.531. The predicted octanol–water partition coefficient (Wildman–Crippen LogP) is 4.68. The van der Waals surface area contributed by atoms with Crippen molar-refractivity contribution in [1.82, 2.24) is 14.3 Å². The zero-order valence-electron chi connectivity index (χ0n) is 17.5. The molecule has 0 aliphatic heterocycles. The van der Waals surface area contributed by atoms with Gasteiger partial charge in [-0.15, -0.1) is 4.72 Å². The summed E-state index contributed by atoms with van der Waals surface area (Å²) in [7, 11) is 1.72. The molecule has 1 aromatic heterocycles. The molecule has 3 aromatic rings. The van der Waals surface area contributed by atoms with Gasteiger partial charge in [0.1, 0.15) is 10.6 Å². The predicted molar refractivity (Wildman–Crippen MR) is 122 cm³/mol. The van der Waals surface area contributed by atoms with Crippen molar-refractivity contribution in [2.24, 2.45) is 7.05 Å². The number of nitrogens with one attached hydrogen (secondary N) is 1. The number of aryl methyl sites for hydroxylation is 1. The van der Waals surface area contributed by atoms with E-state index in [1.807, 2.05) is 58.9 Å². The summed E-state index contributed by atoms with van der Waals surface area (Å²) in [5, 5.41) is 1.17. The molecule has 0 saturated heterocycles. The molecule has 0 fully saturated rings. The van der Waals surface area contributed by atoms with Gasteiger partial charge in [-0.2, -0.15) is 0 Å². The van der Waals surface area contributed by atoms with Crippen LogP contribution in [0.2, 0.25) is 5.02 Å². The van der Waals surface area contributed by atoms with E-state index in [0.29, 0.717) is 21.7 Å². The van der Waals surface area contributed by atoms with Gasteiger partial charge < -0.3 is 4.55 Å². The quantitative estimate of drug-likeness (QED) is 0.609. The van der Waals surface area contributed by atoms with Crippen molar-refractivity contribution < 1.29 is 4.55 Å². The van der Waals surface area contributed by atoms with Crippen LogP contribution < -0.4 is 10.3 Å². The van der Waals surface area contributed by atoms with Crippen LogP contribution in [0.25, 0.3) is 22.3 Å². The Hall–Kier alpha value is -1.86. The van der Waals surface area contributed by atoms with Gasteiger partial charge in [-0.25, -0.2) is 4.98 Å². The average molecular weight is 432 g/mol. The van der Waals surface area contributed by atoms with Crippen LogP contribution in [-0.2, 0) is 18.4 Å². The lowest BCUT2D eigenvalue weighted by Crippen LogP contribution is -2.40. The second-order valence-electron chi connectivity index (χ2n) is 8.28. The Morgan fingerprint density at radius 2 is 1.83 bits per heavy atom. The summed E-state index contributed by atoms with van der Waals surface area (Å²) in [5.41, 5.74) is 3.12. The minimum absolute atomic E-state index is 0.117. The molecule has 0 radical (unpaired) electrons. The number of aromatic nitrogens is 2. The molecule has 1 unspecified atom stereocenters. The molecule has 0 amide bonds. The van der Waals surface area contributed by atoms with E-state index >= 15 is 0 Å². The molecule has 0 spiro atoms. The Bertz CT molecular complexity index is 1100. The third kappa shape index (κ3) is 4.51. The van der Waals surface area contributed by atoms with E-state index in [0.717, 1.165) is 16.7 Å². The first-order valence-corrected chi connectivity index (χ1v) is 11.0. The summed E-state index contributed by atoms with van der Waals surface area (Å²) in [6, 6.07) is 10.9. The van der Waals surface area contributed by atoms with E-state index in [-0.39, 0.29) is 11.6 Å². The fourth-order valence-electron chi connectivity index (χ4n) is 3.14. The number of halogens is 1. The zero-order chi connectivity index (χ0) is 21.5. The minimum atomic E-state index is -1.25. The molecule has 0 saturated carbocycles. The Labute approximate surface area is 179 Å². The number of hydrogen-bond acceptors (Lipinski definition) is 4. The van der Waals surface area contributed by atoms with Crippen LogP contribution in [0.3, 0.4) is 0 Å². The summed E-state index contributed by atoms with van der Waals surface area (Å²) in [5.74, 6) is 0.563. The third-order valence-electron chi connectivity index (χ3n) is 4.76. The lowest BCUT2D eigenvalue weighted by Gasteiger charge is -2.27.